The molecule has 3 aromatic rings. The van der Waals surface area contributed by atoms with Crippen LogP contribution in [-0.4, -0.2) is 18.0 Å². The third-order valence-electron chi connectivity index (χ3n) is 3.33. The van der Waals surface area contributed by atoms with E-state index in [-0.39, 0.29) is 0 Å². The number of furan rings is 1. The van der Waals surface area contributed by atoms with E-state index in [2.05, 4.69) is 15.8 Å². The van der Waals surface area contributed by atoms with Gasteiger partial charge in [0.05, 0.1) is 6.21 Å². The molecule has 2 amide bonds. The molecular weight excluding hydrogens is 354 g/mol. The fraction of sp³-hybridized carbons (Fsp3) is 0. The van der Waals surface area contributed by atoms with Gasteiger partial charge in [-0.2, -0.15) is 5.10 Å². The predicted molar refractivity (Wildman–Crippen MR) is 100.0 cm³/mol. The number of hydrogen-bond donors (Lipinski definition) is 2. The van der Waals surface area contributed by atoms with E-state index < -0.39 is 11.8 Å². The van der Waals surface area contributed by atoms with Gasteiger partial charge in [-0.1, -0.05) is 41.9 Å². The normalized spacial score (nSPS) is 10.7. The smallest absolute Gasteiger partial charge is 0.329 e. The number of hydrazone groups is 1. The molecule has 0 aliphatic heterocycles. The second-order valence-electron chi connectivity index (χ2n) is 5.23. The minimum atomic E-state index is -0.883. The van der Waals surface area contributed by atoms with Gasteiger partial charge in [0, 0.05) is 16.3 Å². The van der Waals surface area contributed by atoms with Crippen LogP contribution in [0, 0.1) is 0 Å². The highest BCUT2D eigenvalue weighted by Crippen LogP contribution is 2.24. The van der Waals surface area contributed by atoms with Crippen molar-refractivity contribution in [3.8, 4) is 11.3 Å². The summed E-state index contributed by atoms with van der Waals surface area (Å²) < 4.78 is 5.60. The van der Waals surface area contributed by atoms with Gasteiger partial charge < -0.3 is 9.73 Å². The number of hydrogen-bond acceptors (Lipinski definition) is 4. The van der Waals surface area contributed by atoms with Crippen molar-refractivity contribution >= 4 is 35.3 Å². The van der Waals surface area contributed by atoms with E-state index in [1.807, 2.05) is 12.1 Å². The standard InChI is InChI=1S/C19H14ClN3O3/c20-14-6-4-5-13(11-14)17-10-9-16(26-17)12-21-23-19(25)18(24)22-15-7-2-1-3-8-15/h1-12H,(H,22,24)(H,23,25)/b21-12-. The Bertz CT molecular complexity index is 951. The molecule has 0 unspecified atom stereocenters. The molecule has 2 aromatic carbocycles. The van der Waals surface area contributed by atoms with Gasteiger partial charge in [-0.05, 0) is 36.4 Å². The summed E-state index contributed by atoms with van der Waals surface area (Å²) in [6.45, 7) is 0. The first-order valence-electron chi connectivity index (χ1n) is 7.67. The van der Waals surface area contributed by atoms with Crippen LogP contribution in [0.5, 0.6) is 0 Å². The van der Waals surface area contributed by atoms with Gasteiger partial charge >= 0.3 is 11.8 Å². The zero-order chi connectivity index (χ0) is 18.4. The van der Waals surface area contributed by atoms with Crippen LogP contribution in [-0.2, 0) is 9.59 Å². The van der Waals surface area contributed by atoms with E-state index in [4.69, 9.17) is 16.0 Å². The number of halogens is 1. The lowest BCUT2D eigenvalue weighted by Crippen LogP contribution is -2.32. The highest BCUT2D eigenvalue weighted by Gasteiger charge is 2.12. The number of benzene rings is 2. The maximum absolute atomic E-state index is 11.7. The Morgan fingerprint density at radius 3 is 2.54 bits per heavy atom. The molecule has 1 heterocycles. The maximum Gasteiger partial charge on any atom is 0.329 e. The molecule has 0 fully saturated rings. The van der Waals surface area contributed by atoms with Gasteiger partial charge in [0.15, 0.2) is 0 Å². The van der Waals surface area contributed by atoms with E-state index in [1.54, 1.807) is 54.6 Å². The molecule has 0 aliphatic carbocycles. The van der Waals surface area contributed by atoms with Crippen LogP contribution >= 0.6 is 11.6 Å². The van der Waals surface area contributed by atoms with E-state index >= 15 is 0 Å². The van der Waals surface area contributed by atoms with Crippen molar-refractivity contribution in [2.24, 2.45) is 5.10 Å². The van der Waals surface area contributed by atoms with Gasteiger partial charge in [-0.15, -0.1) is 0 Å². The number of nitrogens with one attached hydrogen (secondary N) is 2. The summed E-state index contributed by atoms with van der Waals surface area (Å²) in [6, 6.07) is 19.3. The number of rotatable bonds is 4. The quantitative estimate of drug-likeness (QED) is 0.419. The van der Waals surface area contributed by atoms with Crippen LogP contribution in [0.15, 0.2) is 76.2 Å². The van der Waals surface area contributed by atoms with Gasteiger partial charge in [-0.25, -0.2) is 5.43 Å². The number of para-hydroxylation sites is 1. The highest BCUT2D eigenvalue weighted by molar-refractivity contribution is 6.39. The van der Waals surface area contributed by atoms with E-state index in [0.717, 1.165) is 5.56 Å². The van der Waals surface area contributed by atoms with Crippen molar-refractivity contribution in [3.05, 3.63) is 77.5 Å². The Morgan fingerprint density at radius 2 is 1.77 bits per heavy atom. The lowest BCUT2D eigenvalue weighted by Gasteiger charge is -2.02. The molecule has 0 aliphatic rings. The number of carbonyl (C=O) groups excluding carboxylic acids is 2. The second-order valence-corrected chi connectivity index (χ2v) is 5.67. The fourth-order valence-corrected chi connectivity index (χ4v) is 2.32. The van der Waals surface area contributed by atoms with Crippen LogP contribution in [0.3, 0.4) is 0 Å². The summed E-state index contributed by atoms with van der Waals surface area (Å²) in [5.74, 6) is -0.662. The van der Waals surface area contributed by atoms with Crippen LogP contribution in [0.2, 0.25) is 5.02 Å². The summed E-state index contributed by atoms with van der Waals surface area (Å²) in [5.41, 5.74) is 3.49. The van der Waals surface area contributed by atoms with Crippen LogP contribution in [0.1, 0.15) is 5.76 Å². The Hall–Kier alpha value is -3.38. The summed E-state index contributed by atoms with van der Waals surface area (Å²) in [6.07, 6.45) is 1.31. The van der Waals surface area contributed by atoms with Gasteiger partial charge in [0.1, 0.15) is 11.5 Å². The third-order valence-corrected chi connectivity index (χ3v) is 3.57. The minimum absolute atomic E-state index is 0.420. The average Bonchev–Trinajstić information content (AvgIpc) is 3.11. The first kappa shape index (κ1) is 17.4. The Kier molecular flexibility index (Phi) is 5.46. The molecule has 0 bridgehead atoms. The largest absolute Gasteiger partial charge is 0.455 e. The molecule has 0 radical (unpaired) electrons. The van der Waals surface area contributed by atoms with Crippen molar-refractivity contribution in [2.75, 3.05) is 5.32 Å². The Balaban J connectivity index is 1.57. The number of anilines is 1. The van der Waals surface area contributed by atoms with Gasteiger partial charge in [0.25, 0.3) is 0 Å². The molecule has 2 N–H and O–H groups in total. The maximum atomic E-state index is 11.7. The summed E-state index contributed by atoms with van der Waals surface area (Å²) in [7, 11) is 0. The molecule has 130 valence electrons. The molecule has 0 saturated carbocycles. The molecule has 0 saturated heterocycles. The SMILES string of the molecule is O=C(N/N=C\c1ccc(-c2cccc(Cl)c2)o1)C(=O)Nc1ccccc1. The van der Waals surface area contributed by atoms with E-state index in [1.165, 1.54) is 6.21 Å². The molecule has 0 spiro atoms. The molecule has 7 heteroatoms. The monoisotopic (exact) mass is 367 g/mol. The number of carbonyl (C=O) groups is 2. The molecule has 6 nitrogen and oxygen atoms in total. The zero-order valence-electron chi connectivity index (χ0n) is 13.5. The lowest BCUT2D eigenvalue weighted by atomic mass is 10.2. The van der Waals surface area contributed by atoms with Gasteiger partial charge in [0.2, 0.25) is 0 Å². The Morgan fingerprint density at radius 1 is 0.962 bits per heavy atom. The van der Waals surface area contributed by atoms with Crippen molar-refractivity contribution in [1.29, 1.82) is 0 Å². The third kappa shape index (κ3) is 4.58. The van der Waals surface area contributed by atoms with Crippen molar-refractivity contribution in [3.63, 3.8) is 0 Å². The van der Waals surface area contributed by atoms with Crippen molar-refractivity contribution in [1.82, 2.24) is 5.43 Å². The van der Waals surface area contributed by atoms with Crippen LogP contribution in [0.25, 0.3) is 11.3 Å². The molecule has 26 heavy (non-hydrogen) atoms. The average molecular weight is 368 g/mol. The van der Waals surface area contributed by atoms with E-state index in [0.29, 0.717) is 22.2 Å². The summed E-state index contributed by atoms with van der Waals surface area (Å²) >= 11 is 5.95. The summed E-state index contributed by atoms with van der Waals surface area (Å²) in [4.78, 5) is 23.5. The van der Waals surface area contributed by atoms with Gasteiger partial charge in [-0.3, -0.25) is 9.59 Å². The van der Waals surface area contributed by atoms with Crippen molar-refractivity contribution < 1.29 is 14.0 Å². The number of nitrogens with zero attached hydrogens (tertiary/aromatic N) is 1. The first-order chi connectivity index (χ1) is 12.6. The minimum Gasteiger partial charge on any atom is -0.455 e. The highest BCUT2D eigenvalue weighted by atomic mass is 35.5. The number of amides is 2. The molecule has 1 aromatic heterocycles. The summed E-state index contributed by atoms with van der Waals surface area (Å²) in [5, 5.41) is 6.79. The topological polar surface area (TPSA) is 83.7 Å². The zero-order valence-corrected chi connectivity index (χ0v) is 14.2. The predicted octanol–water partition coefficient (Wildman–Crippen LogP) is 3.69. The fourth-order valence-electron chi connectivity index (χ4n) is 2.13. The Labute approximate surface area is 154 Å². The first-order valence-corrected chi connectivity index (χ1v) is 8.05. The van der Waals surface area contributed by atoms with Crippen LogP contribution in [0.4, 0.5) is 5.69 Å². The van der Waals surface area contributed by atoms with Crippen molar-refractivity contribution in [2.45, 2.75) is 0 Å². The van der Waals surface area contributed by atoms with E-state index in [9.17, 15) is 9.59 Å². The molecule has 3 rings (SSSR count). The molecular formula is C19H14ClN3O3. The molecule has 0 atom stereocenters. The lowest BCUT2D eigenvalue weighted by molar-refractivity contribution is -0.136. The van der Waals surface area contributed by atoms with Crippen LogP contribution < -0.4 is 10.7 Å². The second kappa shape index (κ2) is 8.13.